The Morgan fingerprint density at radius 3 is 0.300 bits per heavy atom. The molecule has 0 saturated heterocycles. The van der Waals surface area contributed by atoms with Crippen LogP contribution in [0.25, 0.3) is 0 Å². The fraction of sp³-hybridized carbons (Fsp3) is 1.00. The summed E-state index contributed by atoms with van der Waals surface area (Å²) in [6, 6.07) is 0. The Labute approximate surface area is 231 Å². The van der Waals surface area contributed by atoms with E-state index in [9.17, 15) is 0 Å². The van der Waals surface area contributed by atoms with E-state index in [1.165, 1.54) is 0 Å². The third kappa shape index (κ3) is 76.7. The molecule has 0 rings (SSSR count). The van der Waals surface area contributed by atoms with Gasteiger partial charge in [0, 0.05) is 42.1 Å². The second kappa shape index (κ2) is 33.7. The SMILES string of the molecule is C[PH+](C)N[PH+](C)C.C[PH+](C)N[PH+](C)C.C[PH+](C)N[PH+](C)C.C[PH+](C)N[PH+](C)C.[Pt].[Pt]. The van der Waals surface area contributed by atoms with Crippen molar-refractivity contribution in [3.05, 3.63) is 0 Å². The Bertz CT molecular complexity index is 222. The molecule has 4 N–H and O–H groups in total. The van der Waals surface area contributed by atoms with E-state index in [0.29, 0.717) is 0 Å². The van der Waals surface area contributed by atoms with Gasteiger partial charge in [-0.2, -0.15) is 0 Å². The maximum atomic E-state index is 3.51. The Morgan fingerprint density at radius 2 is 0.300 bits per heavy atom. The van der Waals surface area contributed by atoms with Gasteiger partial charge in [0.15, 0.2) is 0 Å². The molecule has 14 heteroatoms. The van der Waals surface area contributed by atoms with E-state index in [1.807, 2.05) is 0 Å². The number of nitrogens with one attached hydrogen (secondary N) is 4. The summed E-state index contributed by atoms with van der Waals surface area (Å²) >= 11 is 0. The predicted molar refractivity (Wildman–Crippen MR) is 174 cm³/mol. The van der Waals surface area contributed by atoms with Gasteiger partial charge in [-0.05, 0) is 0 Å². The fourth-order valence-corrected chi connectivity index (χ4v) is 18.0. The van der Waals surface area contributed by atoms with Crippen LogP contribution in [0.1, 0.15) is 0 Å². The van der Waals surface area contributed by atoms with Crippen LogP contribution in [0.3, 0.4) is 0 Å². The molecule has 0 amide bonds. The Morgan fingerprint density at radius 1 is 0.233 bits per heavy atom. The van der Waals surface area contributed by atoms with E-state index in [1.54, 1.807) is 0 Å². The monoisotopic (exact) mass is 946 g/mol. The van der Waals surface area contributed by atoms with E-state index in [2.05, 4.69) is 126 Å². The van der Waals surface area contributed by atoms with Crippen LogP contribution in [-0.2, 0) is 42.1 Å². The van der Waals surface area contributed by atoms with Crippen molar-refractivity contribution in [1.82, 2.24) is 19.4 Å². The van der Waals surface area contributed by atoms with Crippen molar-refractivity contribution in [3.8, 4) is 0 Å². The molecule has 196 valence electrons. The fourth-order valence-electron chi connectivity index (χ4n) is 2.00. The van der Waals surface area contributed by atoms with E-state index in [0.717, 1.165) is 0 Å². The molecule has 0 aromatic heterocycles. The van der Waals surface area contributed by atoms with Gasteiger partial charge in [-0.3, -0.25) is 0 Å². The second-order valence-electron chi connectivity index (χ2n) is 8.50. The van der Waals surface area contributed by atoms with Crippen molar-refractivity contribution < 1.29 is 42.1 Å². The average molecular weight is 947 g/mol. The van der Waals surface area contributed by atoms with Crippen molar-refractivity contribution in [2.45, 2.75) is 0 Å². The molecule has 0 radical (unpaired) electrons. The Balaban J connectivity index is -0.0000000626. The minimum atomic E-state index is -0.139. The predicted octanol–water partition coefficient (Wildman–Crippen LogP) is 5.41. The maximum absolute atomic E-state index is 3.51. The van der Waals surface area contributed by atoms with Crippen LogP contribution in [0.15, 0.2) is 0 Å². The molecule has 0 spiro atoms. The molecule has 0 saturated carbocycles. The second-order valence-corrected chi connectivity index (χ2v) is 28.5. The van der Waals surface area contributed by atoms with Crippen LogP contribution < -0.4 is 19.4 Å². The van der Waals surface area contributed by atoms with Gasteiger partial charge in [0.25, 0.3) is 0 Å². The first-order valence-corrected chi connectivity index (χ1v) is 30.0. The number of rotatable bonds is 8. The van der Waals surface area contributed by atoms with Gasteiger partial charge < -0.3 is 0 Å². The van der Waals surface area contributed by atoms with Crippen molar-refractivity contribution in [2.24, 2.45) is 0 Å². The van der Waals surface area contributed by atoms with E-state index >= 15 is 0 Å². The van der Waals surface area contributed by atoms with E-state index in [-0.39, 0.29) is 107 Å². The zero-order valence-corrected chi connectivity index (χ0v) is 35.2. The summed E-state index contributed by atoms with van der Waals surface area (Å²) in [5.41, 5.74) is 0. The van der Waals surface area contributed by atoms with Crippen molar-refractivity contribution in [2.75, 3.05) is 107 Å². The quantitative estimate of drug-likeness (QED) is 0.247. The summed E-state index contributed by atoms with van der Waals surface area (Å²) in [5.74, 6) is 0. The Hall–Kier alpha value is 4.66. The molecule has 4 nitrogen and oxygen atoms in total. The van der Waals surface area contributed by atoms with Gasteiger partial charge in [0.05, 0.1) is 171 Å². The minimum absolute atomic E-state index is 0. The molecule has 0 aliphatic heterocycles. The summed E-state index contributed by atoms with van der Waals surface area (Å²) < 4.78 is 0. The third-order valence-corrected chi connectivity index (χ3v) is 18.0. The standard InChI is InChI=1S/4C4H13NP2.2Pt/c4*1-6(2)5-7(3)4;;/h4*5H,1-4H3;;/p+8. The third-order valence-electron chi connectivity index (χ3n) is 2.00. The van der Waals surface area contributed by atoms with Gasteiger partial charge in [-0.1, -0.05) is 19.4 Å². The summed E-state index contributed by atoms with van der Waals surface area (Å²) in [6.07, 6.45) is 0. The van der Waals surface area contributed by atoms with Crippen molar-refractivity contribution >= 4 is 64.6 Å². The first-order valence-electron chi connectivity index (χ1n) is 10.0. The van der Waals surface area contributed by atoms with Crippen LogP contribution in [0, 0.1) is 0 Å². The van der Waals surface area contributed by atoms with Gasteiger partial charge >= 0.3 is 0 Å². The van der Waals surface area contributed by atoms with Gasteiger partial charge in [0.2, 0.25) is 0 Å². The number of hydrogen-bond donors (Lipinski definition) is 4. The van der Waals surface area contributed by atoms with Crippen molar-refractivity contribution in [1.29, 1.82) is 0 Å². The molecule has 0 bridgehead atoms. The molecule has 0 aliphatic carbocycles. The summed E-state index contributed by atoms with van der Waals surface area (Å²) in [6.45, 7) is 36.5. The van der Waals surface area contributed by atoms with Crippen LogP contribution in [0.4, 0.5) is 0 Å². The maximum Gasteiger partial charge on any atom is 0.0990 e. The van der Waals surface area contributed by atoms with Crippen LogP contribution >= 0.6 is 64.6 Å². The van der Waals surface area contributed by atoms with Crippen LogP contribution in [-0.4, -0.2) is 107 Å². The van der Waals surface area contributed by atoms with Crippen LogP contribution in [0.2, 0.25) is 0 Å². The van der Waals surface area contributed by atoms with Gasteiger partial charge in [0.1, 0.15) is 0 Å². The zero-order chi connectivity index (χ0) is 23.4. The normalized spacial score (nSPS) is 10.4. The molecule has 0 aliphatic rings. The van der Waals surface area contributed by atoms with E-state index < -0.39 is 0 Å². The largest absolute Gasteiger partial charge is 0.0990 e. The molecule has 30 heavy (non-hydrogen) atoms. The molecule has 0 unspecified atom stereocenters. The first kappa shape index (κ1) is 47.8. The Kier molecular flexibility index (Phi) is 53.6. The summed E-state index contributed by atoms with van der Waals surface area (Å²) in [7, 11) is -1.11. The first-order chi connectivity index (χ1) is 12.5. The summed E-state index contributed by atoms with van der Waals surface area (Å²) in [4.78, 5) is 14.0. The topological polar surface area (TPSA) is 48.1 Å². The minimum Gasteiger partial charge on any atom is -0.0828 e. The molecule has 0 fully saturated rings. The average Bonchev–Trinajstić information content (AvgIpc) is 2.32. The molecule has 0 aromatic carbocycles. The molecular weight excluding hydrogens is 886 g/mol. The van der Waals surface area contributed by atoms with Gasteiger partial charge in [-0.15, -0.1) is 0 Å². The smallest absolute Gasteiger partial charge is 0.0828 e. The molecule has 0 atom stereocenters. The summed E-state index contributed by atoms with van der Waals surface area (Å²) in [5, 5.41) is 0. The number of hydrogen-bond acceptors (Lipinski definition) is 4. The van der Waals surface area contributed by atoms with Gasteiger partial charge in [-0.25, -0.2) is 0 Å². The zero-order valence-electron chi connectivity index (χ0n) is 22.6. The van der Waals surface area contributed by atoms with Crippen LogP contribution in [0.5, 0.6) is 0 Å². The molecule has 0 heterocycles. The van der Waals surface area contributed by atoms with E-state index in [4.69, 9.17) is 0 Å². The van der Waals surface area contributed by atoms with Crippen molar-refractivity contribution in [3.63, 3.8) is 0 Å². The molecule has 0 aromatic rings. The molecular formula is C16H60N4P8Pt2+8.